The Morgan fingerprint density at radius 1 is 1.13 bits per heavy atom. The molecule has 6 nitrogen and oxygen atoms in total. The molecule has 0 atom stereocenters. The van der Waals surface area contributed by atoms with Gasteiger partial charge in [-0.2, -0.15) is 0 Å². The molecule has 5 rings (SSSR count). The standard InChI is InChI=1S/C23H24N4O2S2/c1-26(13-16-5-2-3-6-18(16)27-8-10-29-11-9-27)14-20-24-22(28)21-17(15-31-23(21)25-20)19-7-4-12-30-19/h2-7,12,15H,8-11,13-14H2,1H3,(H,24,25,28). The molecular weight excluding hydrogens is 428 g/mol. The average molecular weight is 453 g/mol. The number of ether oxygens (including phenoxy) is 1. The number of thiophene rings is 2. The number of rotatable bonds is 6. The van der Waals surface area contributed by atoms with Gasteiger partial charge in [0.15, 0.2) is 0 Å². The molecule has 4 heterocycles. The van der Waals surface area contributed by atoms with Gasteiger partial charge in [-0.05, 0) is 30.1 Å². The molecule has 4 aromatic rings. The van der Waals surface area contributed by atoms with E-state index in [2.05, 4.69) is 46.1 Å². The Labute approximate surface area is 188 Å². The van der Waals surface area contributed by atoms with Crippen molar-refractivity contribution in [3.05, 3.63) is 68.9 Å². The van der Waals surface area contributed by atoms with Gasteiger partial charge in [0.1, 0.15) is 10.7 Å². The number of H-pyrrole nitrogens is 1. The number of aromatic nitrogens is 2. The van der Waals surface area contributed by atoms with Crippen molar-refractivity contribution in [2.75, 3.05) is 38.3 Å². The van der Waals surface area contributed by atoms with E-state index in [-0.39, 0.29) is 5.56 Å². The van der Waals surface area contributed by atoms with Crippen molar-refractivity contribution in [2.24, 2.45) is 0 Å². The number of fused-ring (bicyclic) bond motifs is 1. The number of nitrogens with zero attached hydrogens (tertiary/aromatic N) is 3. The summed E-state index contributed by atoms with van der Waals surface area (Å²) in [6, 6.07) is 12.6. The maximum Gasteiger partial charge on any atom is 0.260 e. The van der Waals surface area contributed by atoms with Crippen LogP contribution in [0.25, 0.3) is 20.7 Å². The normalized spacial score (nSPS) is 14.6. The number of hydrogen-bond donors (Lipinski definition) is 1. The molecule has 1 aliphatic heterocycles. The van der Waals surface area contributed by atoms with E-state index in [1.165, 1.54) is 22.6 Å². The highest BCUT2D eigenvalue weighted by Gasteiger charge is 2.17. The first-order valence-corrected chi connectivity index (χ1v) is 12.1. The van der Waals surface area contributed by atoms with E-state index in [4.69, 9.17) is 9.72 Å². The van der Waals surface area contributed by atoms with E-state index in [0.717, 1.165) is 48.1 Å². The largest absolute Gasteiger partial charge is 0.378 e. The molecule has 0 aliphatic carbocycles. The SMILES string of the molecule is CN(Cc1nc2scc(-c3cccs3)c2c(=O)[nH]1)Cc1ccccc1N1CCOCC1. The maximum atomic E-state index is 12.9. The Morgan fingerprint density at radius 2 is 1.97 bits per heavy atom. The van der Waals surface area contributed by atoms with Crippen molar-refractivity contribution in [1.29, 1.82) is 0 Å². The Morgan fingerprint density at radius 3 is 2.77 bits per heavy atom. The van der Waals surface area contributed by atoms with Crippen LogP contribution in [-0.4, -0.2) is 48.2 Å². The van der Waals surface area contributed by atoms with Crippen molar-refractivity contribution in [3.63, 3.8) is 0 Å². The van der Waals surface area contributed by atoms with Crippen LogP contribution in [0.5, 0.6) is 0 Å². The lowest BCUT2D eigenvalue weighted by Gasteiger charge is -2.31. The number of morpholine rings is 1. The third kappa shape index (κ3) is 4.29. The second kappa shape index (κ2) is 8.92. The first kappa shape index (κ1) is 20.4. The highest BCUT2D eigenvalue weighted by molar-refractivity contribution is 7.18. The lowest BCUT2D eigenvalue weighted by atomic mass is 10.1. The minimum Gasteiger partial charge on any atom is -0.378 e. The summed E-state index contributed by atoms with van der Waals surface area (Å²) in [5.41, 5.74) is 3.44. The highest BCUT2D eigenvalue weighted by Crippen LogP contribution is 2.33. The predicted molar refractivity (Wildman–Crippen MR) is 128 cm³/mol. The summed E-state index contributed by atoms with van der Waals surface area (Å²) in [6.45, 7) is 4.72. The Bertz CT molecular complexity index is 1230. The molecule has 1 fully saturated rings. The van der Waals surface area contributed by atoms with Crippen LogP contribution in [0.2, 0.25) is 0 Å². The maximum absolute atomic E-state index is 12.9. The van der Waals surface area contributed by atoms with Crippen molar-refractivity contribution in [3.8, 4) is 10.4 Å². The van der Waals surface area contributed by atoms with E-state index in [0.29, 0.717) is 17.8 Å². The Hall–Kier alpha value is -2.52. The van der Waals surface area contributed by atoms with Gasteiger partial charge in [-0.3, -0.25) is 9.69 Å². The van der Waals surface area contributed by atoms with Gasteiger partial charge in [0.05, 0.1) is 25.1 Å². The van der Waals surface area contributed by atoms with Crippen molar-refractivity contribution >= 4 is 38.6 Å². The molecule has 0 radical (unpaired) electrons. The van der Waals surface area contributed by atoms with Crippen LogP contribution in [0.15, 0.2) is 52.0 Å². The van der Waals surface area contributed by atoms with Gasteiger partial charge in [0.25, 0.3) is 5.56 Å². The first-order valence-electron chi connectivity index (χ1n) is 10.3. The van der Waals surface area contributed by atoms with Gasteiger partial charge in [0.2, 0.25) is 0 Å². The molecule has 160 valence electrons. The topological polar surface area (TPSA) is 61.5 Å². The molecule has 0 bridgehead atoms. The number of anilines is 1. The summed E-state index contributed by atoms with van der Waals surface area (Å²) in [6.07, 6.45) is 0. The molecular formula is C23H24N4O2S2. The van der Waals surface area contributed by atoms with E-state index >= 15 is 0 Å². The zero-order valence-corrected chi connectivity index (χ0v) is 19.0. The summed E-state index contributed by atoms with van der Waals surface area (Å²) < 4.78 is 5.50. The van der Waals surface area contributed by atoms with Gasteiger partial charge < -0.3 is 14.6 Å². The zero-order chi connectivity index (χ0) is 21.2. The number of benzene rings is 1. The number of para-hydroxylation sites is 1. The minimum absolute atomic E-state index is 0.0632. The summed E-state index contributed by atoms with van der Waals surface area (Å²) in [5.74, 6) is 0.698. The van der Waals surface area contributed by atoms with Crippen LogP contribution in [0, 0.1) is 0 Å². The van der Waals surface area contributed by atoms with Gasteiger partial charge in [0, 0.05) is 41.1 Å². The van der Waals surface area contributed by atoms with Crippen LogP contribution >= 0.6 is 22.7 Å². The van der Waals surface area contributed by atoms with Crippen LogP contribution in [0.4, 0.5) is 5.69 Å². The third-order valence-electron chi connectivity index (χ3n) is 5.48. The fourth-order valence-corrected chi connectivity index (χ4v) is 5.82. The second-order valence-corrected chi connectivity index (χ2v) is 9.53. The van der Waals surface area contributed by atoms with Crippen LogP contribution in [0.1, 0.15) is 11.4 Å². The molecule has 8 heteroatoms. The fourth-order valence-electron chi connectivity index (χ4n) is 4.04. The van der Waals surface area contributed by atoms with Crippen molar-refractivity contribution < 1.29 is 4.74 Å². The van der Waals surface area contributed by atoms with Crippen LogP contribution in [0.3, 0.4) is 0 Å². The van der Waals surface area contributed by atoms with E-state index < -0.39 is 0 Å². The first-order chi connectivity index (χ1) is 15.2. The van der Waals surface area contributed by atoms with E-state index in [1.807, 2.05) is 22.9 Å². The van der Waals surface area contributed by atoms with Crippen molar-refractivity contribution in [1.82, 2.24) is 14.9 Å². The van der Waals surface area contributed by atoms with Gasteiger partial charge in [-0.25, -0.2) is 4.98 Å². The molecule has 0 amide bonds. The summed E-state index contributed by atoms with van der Waals surface area (Å²) in [5, 5.41) is 4.75. The lowest BCUT2D eigenvalue weighted by molar-refractivity contribution is 0.122. The monoisotopic (exact) mass is 452 g/mol. The molecule has 0 saturated carbocycles. The molecule has 31 heavy (non-hydrogen) atoms. The summed E-state index contributed by atoms with van der Waals surface area (Å²) in [7, 11) is 2.06. The predicted octanol–water partition coefficient (Wildman–Crippen LogP) is 4.18. The third-order valence-corrected chi connectivity index (χ3v) is 7.26. The summed E-state index contributed by atoms with van der Waals surface area (Å²) in [4.78, 5) is 27.1. The molecule has 0 unspecified atom stereocenters. The lowest BCUT2D eigenvalue weighted by Crippen LogP contribution is -2.37. The zero-order valence-electron chi connectivity index (χ0n) is 17.3. The number of nitrogens with one attached hydrogen (secondary N) is 1. The van der Waals surface area contributed by atoms with Gasteiger partial charge >= 0.3 is 0 Å². The van der Waals surface area contributed by atoms with Crippen LogP contribution in [-0.2, 0) is 17.8 Å². The molecule has 1 aliphatic rings. The number of aromatic amines is 1. The quantitative estimate of drug-likeness (QED) is 0.476. The Balaban J connectivity index is 1.36. The van der Waals surface area contributed by atoms with Gasteiger partial charge in [-0.1, -0.05) is 24.3 Å². The van der Waals surface area contributed by atoms with Crippen molar-refractivity contribution in [2.45, 2.75) is 13.1 Å². The number of hydrogen-bond acceptors (Lipinski definition) is 7. The molecule has 1 saturated heterocycles. The van der Waals surface area contributed by atoms with E-state index in [9.17, 15) is 4.79 Å². The smallest absolute Gasteiger partial charge is 0.260 e. The minimum atomic E-state index is -0.0632. The molecule has 1 aromatic carbocycles. The fraction of sp³-hybridized carbons (Fsp3) is 0.304. The van der Waals surface area contributed by atoms with Gasteiger partial charge in [-0.15, -0.1) is 22.7 Å². The highest BCUT2D eigenvalue weighted by atomic mass is 32.1. The summed E-state index contributed by atoms with van der Waals surface area (Å²) >= 11 is 3.17. The average Bonchev–Trinajstić information content (AvgIpc) is 3.44. The molecule has 0 spiro atoms. The molecule has 1 N–H and O–H groups in total. The van der Waals surface area contributed by atoms with Crippen LogP contribution < -0.4 is 10.5 Å². The van der Waals surface area contributed by atoms with E-state index in [1.54, 1.807) is 11.3 Å². The molecule has 3 aromatic heterocycles. The second-order valence-electron chi connectivity index (χ2n) is 7.72. The Kier molecular flexibility index (Phi) is 5.87.